The first kappa shape index (κ1) is 24.3. The summed E-state index contributed by atoms with van der Waals surface area (Å²) < 4.78 is 49.1. The number of oxazole rings is 1. The molecule has 5 rings (SSSR count). The highest BCUT2D eigenvalue weighted by Gasteiger charge is 2.19. The predicted molar refractivity (Wildman–Crippen MR) is 141 cm³/mol. The molecule has 36 heavy (non-hydrogen) atoms. The van der Waals surface area contributed by atoms with Crippen LogP contribution in [0, 0.1) is 9.39 Å². The van der Waals surface area contributed by atoms with Gasteiger partial charge in [0.25, 0.3) is 0 Å². The normalized spacial score (nSPS) is 11.7. The minimum Gasteiger partial charge on any atom is -0.432 e. The van der Waals surface area contributed by atoms with Crippen LogP contribution in [0.5, 0.6) is 0 Å². The zero-order valence-corrected chi connectivity index (χ0v) is 21.7. The Hall–Kier alpha value is -3.36. The number of rotatable bonds is 9. The van der Waals surface area contributed by atoms with Crippen LogP contribution in [0.4, 0.5) is 10.3 Å². The SMILES string of the molecule is O=S(=O)(NCCCNc1nccc(-c2c(-c3ccc(F)cc3)nc3occn23)n1)c1ccc(I)cc1. The van der Waals surface area contributed by atoms with Crippen LogP contribution >= 0.6 is 22.6 Å². The fourth-order valence-electron chi connectivity index (χ4n) is 3.61. The van der Waals surface area contributed by atoms with Crippen molar-refractivity contribution in [3.63, 3.8) is 0 Å². The summed E-state index contributed by atoms with van der Waals surface area (Å²) in [5, 5.41) is 3.13. The van der Waals surface area contributed by atoms with Gasteiger partial charge < -0.3 is 9.73 Å². The lowest BCUT2D eigenvalue weighted by molar-refractivity contribution is 0.580. The molecule has 0 aliphatic carbocycles. The van der Waals surface area contributed by atoms with E-state index in [1.807, 2.05) is 0 Å². The van der Waals surface area contributed by atoms with Gasteiger partial charge in [-0.15, -0.1) is 0 Å². The predicted octanol–water partition coefficient (Wildman–Crippen LogP) is 4.58. The first-order chi connectivity index (χ1) is 17.4. The maximum absolute atomic E-state index is 13.5. The first-order valence-corrected chi connectivity index (χ1v) is 13.5. The van der Waals surface area contributed by atoms with E-state index in [0.29, 0.717) is 41.8 Å². The molecule has 0 aliphatic heterocycles. The summed E-state index contributed by atoms with van der Waals surface area (Å²) in [4.78, 5) is 13.7. The number of imidazole rings is 1. The Bertz CT molecular complexity index is 1600. The molecule has 0 amide bonds. The summed E-state index contributed by atoms with van der Waals surface area (Å²) in [6.07, 6.45) is 5.41. The third-order valence-electron chi connectivity index (χ3n) is 5.33. The van der Waals surface area contributed by atoms with Crippen molar-refractivity contribution >= 4 is 44.4 Å². The van der Waals surface area contributed by atoms with Crippen molar-refractivity contribution in [2.75, 3.05) is 18.4 Å². The van der Waals surface area contributed by atoms with Gasteiger partial charge in [0.15, 0.2) is 0 Å². The van der Waals surface area contributed by atoms with Crippen LogP contribution in [0.3, 0.4) is 0 Å². The van der Waals surface area contributed by atoms with Crippen LogP contribution in [0.25, 0.3) is 28.5 Å². The highest BCUT2D eigenvalue weighted by atomic mass is 127. The molecular formula is C24H20FIN6O3S. The molecule has 0 radical (unpaired) electrons. The fourth-order valence-corrected chi connectivity index (χ4v) is 5.04. The second-order valence-corrected chi connectivity index (χ2v) is 10.8. The molecular weight excluding hydrogens is 598 g/mol. The highest BCUT2D eigenvalue weighted by molar-refractivity contribution is 14.1. The van der Waals surface area contributed by atoms with Crippen molar-refractivity contribution in [3.8, 4) is 22.6 Å². The van der Waals surface area contributed by atoms with E-state index in [0.717, 1.165) is 9.13 Å². The van der Waals surface area contributed by atoms with Gasteiger partial charge in [0, 0.05) is 34.6 Å². The number of aromatic nitrogens is 4. The molecule has 0 fully saturated rings. The Morgan fingerprint density at radius 1 is 1.00 bits per heavy atom. The third-order valence-corrected chi connectivity index (χ3v) is 7.53. The molecule has 0 aliphatic rings. The Balaban J connectivity index is 1.27. The topological polar surface area (TPSA) is 114 Å². The number of fused-ring (bicyclic) bond motifs is 1. The van der Waals surface area contributed by atoms with E-state index in [4.69, 9.17) is 4.42 Å². The van der Waals surface area contributed by atoms with Gasteiger partial charge in [-0.1, -0.05) is 0 Å². The lowest BCUT2D eigenvalue weighted by atomic mass is 10.1. The van der Waals surface area contributed by atoms with Crippen LogP contribution < -0.4 is 10.0 Å². The first-order valence-electron chi connectivity index (χ1n) is 10.9. The Labute approximate surface area is 220 Å². The summed E-state index contributed by atoms with van der Waals surface area (Å²) in [5.41, 5.74) is 2.60. The number of sulfonamides is 1. The number of nitrogens with one attached hydrogen (secondary N) is 2. The lowest BCUT2D eigenvalue weighted by Gasteiger charge is -2.09. The van der Waals surface area contributed by atoms with Crippen LogP contribution in [0.15, 0.2) is 82.6 Å². The van der Waals surface area contributed by atoms with Gasteiger partial charge in [-0.05, 0) is 83.6 Å². The lowest BCUT2D eigenvalue weighted by Crippen LogP contribution is -2.26. The van der Waals surface area contributed by atoms with E-state index >= 15 is 0 Å². The van der Waals surface area contributed by atoms with E-state index in [1.165, 1.54) is 18.4 Å². The number of nitrogens with zero attached hydrogens (tertiary/aromatic N) is 4. The third kappa shape index (κ3) is 5.24. The molecule has 0 unspecified atom stereocenters. The van der Waals surface area contributed by atoms with Gasteiger partial charge >= 0.3 is 5.84 Å². The highest BCUT2D eigenvalue weighted by Crippen LogP contribution is 2.32. The van der Waals surface area contributed by atoms with Crippen molar-refractivity contribution < 1.29 is 17.2 Å². The number of anilines is 1. The fraction of sp³-hybridized carbons (Fsp3) is 0.125. The van der Waals surface area contributed by atoms with Gasteiger partial charge in [-0.3, -0.25) is 4.40 Å². The summed E-state index contributed by atoms with van der Waals surface area (Å²) in [6.45, 7) is 0.713. The monoisotopic (exact) mass is 618 g/mol. The minimum absolute atomic E-state index is 0.232. The molecule has 0 spiro atoms. The van der Waals surface area contributed by atoms with Crippen molar-refractivity contribution in [1.29, 1.82) is 0 Å². The van der Waals surface area contributed by atoms with Crippen molar-refractivity contribution in [1.82, 2.24) is 24.1 Å². The van der Waals surface area contributed by atoms with E-state index in [2.05, 4.69) is 47.6 Å². The zero-order valence-electron chi connectivity index (χ0n) is 18.7. The molecule has 9 nitrogen and oxygen atoms in total. The molecule has 3 heterocycles. The van der Waals surface area contributed by atoms with Gasteiger partial charge in [0.2, 0.25) is 16.0 Å². The maximum atomic E-state index is 13.5. The van der Waals surface area contributed by atoms with E-state index in [9.17, 15) is 12.8 Å². The number of halogens is 2. The van der Waals surface area contributed by atoms with Gasteiger partial charge in [-0.25, -0.2) is 27.5 Å². The van der Waals surface area contributed by atoms with Gasteiger partial charge in [0.05, 0.1) is 10.6 Å². The standard InChI is InChI=1S/C24H20FIN6O3S/c25-17-4-2-16(3-5-17)21-22(32-14-15-35-24(32)31-21)20-10-13-28-23(30-20)27-11-1-12-29-36(33,34)19-8-6-18(26)7-9-19/h2-10,13-15,29H,1,11-12H2,(H,27,28,30). The average Bonchev–Trinajstić information content (AvgIpc) is 3.46. The molecule has 0 atom stereocenters. The summed E-state index contributed by atoms with van der Waals surface area (Å²) in [5.74, 6) is 0.437. The molecule has 0 saturated carbocycles. The van der Waals surface area contributed by atoms with E-state index < -0.39 is 10.0 Å². The maximum Gasteiger partial charge on any atom is 0.306 e. The Morgan fingerprint density at radius 2 is 1.78 bits per heavy atom. The number of hydrogen-bond donors (Lipinski definition) is 2. The van der Waals surface area contributed by atoms with Crippen LogP contribution in [0.2, 0.25) is 0 Å². The van der Waals surface area contributed by atoms with Crippen LogP contribution in [0.1, 0.15) is 6.42 Å². The van der Waals surface area contributed by atoms with Crippen LogP contribution in [-0.4, -0.2) is 40.9 Å². The van der Waals surface area contributed by atoms with E-state index in [1.54, 1.807) is 59.3 Å². The molecule has 12 heteroatoms. The second-order valence-electron chi connectivity index (χ2n) is 7.77. The van der Waals surface area contributed by atoms with E-state index in [-0.39, 0.29) is 17.3 Å². The van der Waals surface area contributed by atoms with Gasteiger partial charge in [-0.2, -0.15) is 4.98 Å². The van der Waals surface area contributed by atoms with Crippen molar-refractivity contribution in [2.24, 2.45) is 0 Å². The number of hydrogen-bond acceptors (Lipinski definition) is 7. The molecule has 3 aromatic heterocycles. The van der Waals surface area contributed by atoms with Crippen LogP contribution in [-0.2, 0) is 10.0 Å². The second kappa shape index (κ2) is 10.3. The molecule has 5 aromatic rings. The Morgan fingerprint density at radius 3 is 2.56 bits per heavy atom. The average molecular weight is 618 g/mol. The summed E-state index contributed by atoms with van der Waals surface area (Å²) in [6, 6.07) is 14.5. The summed E-state index contributed by atoms with van der Waals surface area (Å²) >= 11 is 2.13. The largest absolute Gasteiger partial charge is 0.432 e. The number of benzene rings is 2. The molecule has 0 bridgehead atoms. The molecule has 2 N–H and O–H groups in total. The molecule has 2 aromatic carbocycles. The smallest absolute Gasteiger partial charge is 0.306 e. The molecule has 0 saturated heterocycles. The van der Waals surface area contributed by atoms with Gasteiger partial charge in [0.1, 0.15) is 23.5 Å². The van der Waals surface area contributed by atoms with Crippen molar-refractivity contribution in [3.05, 3.63) is 82.6 Å². The minimum atomic E-state index is -3.56. The Kier molecular flexibility index (Phi) is 6.98. The van der Waals surface area contributed by atoms with Crippen molar-refractivity contribution in [2.45, 2.75) is 11.3 Å². The summed E-state index contributed by atoms with van der Waals surface area (Å²) in [7, 11) is -3.56. The molecule has 184 valence electrons. The quantitative estimate of drug-likeness (QED) is 0.184. The zero-order chi connectivity index (χ0) is 25.1.